The molecule has 1 aromatic heterocycles. The van der Waals surface area contributed by atoms with E-state index in [2.05, 4.69) is 27.9 Å². The van der Waals surface area contributed by atoms with Crippen molar-refractivity contribution in [3.63, 3.8) is 0 Å². The molecule has 2 aromatic rings. The zero-order chi connectivity index (χ0) is 19.7. The van der Waals surface area contributed by atoms with E-state index in [0.717, 1.165) is 31.6 Å². The number of amides is 1. The van der Waals surface area contributed by atoms with Gasteiger partial charge < -0.3 is 16.0 Å². The highest BCUT2D eigenvalue weighted by molar-refractivity contribution is 5.87. The van der Waals surface area contributed by atoms with Gasteiger partial charge in [-0.1, -0.05) is 25.1 Å². The molecular formula is C21H26F2N4O. The number of hydrogen-bond donors (Lipinski definition) is 3. The van der Waals surface area contributed by atoms with Crippen LogP contribution in [0.3, 0.4) is 0 Å². The first-order valence-electron chi connectivity index (χ1n) is 9.87. The van der Waals surface area contributed by atoms with E-state index in [-0.39, 0.29) is 11.5 Å². The van der Waals surface area contributed by atoms with E-state index in [1.54, 1.807) is 12.1 Å². The molecule has 2 aliphatic rings. The standard InChI is InChI=1S/C21H26F2N4O/c1-13-8-21(12-25-9-13,27-18(28)7-14-10-24-11-14)17-5-4-16(20(22)23)19-15(17)3-2-6-26-19/h2-6,13-14,20,24-25H,7-12H2,1H3,(H,27,28)/t13-,21-/m0/s1. The summed E-state index contributed by atoms with van der Waals surface area (Å²) < 4.78 is 27.0. The Bertz CT molecular complexity index is 871. The summed E-state index contributed by atoms with van der Waals surface area (Å²) in [5, 5.41) is 10.6. The number of carbonyl (C=O) groups is 1. The number of benzene rings is 1. The first kappa shape index (κ1) is 19.2. The molecule has 1 aromatic carbocycles. The first-order chi connectivity index (χ1) is 13.5. The van der Waals surface area contributed by atoms with Crippen LogP contribution < -0.4 is 16.0 Å². The topological polar surface area (TPSA) is 66.0 Å². The van der Waals surface area contributed by atoms with Crippen molar-refractivity contribution < 1.29 is 13.6 Å². The molecule has 28 heavy (non-hydrogen) atoms. The van der Waals surface area contributed by atoms with Gasteiger partial charge in [0.15, 0.2) is 0 Å². The number of aromatic nitrogens is 1. The van der Waals surface area contributed by atoms with Crippen molar-refractivity contribution >= 4 is 16.8 Å². The summed E-state index contributed by atoms with van der Waals surface area (Å²) in [6, 6.07) is 6.79. The highest BCUT2D eigenvalue weighted by atomic mass is 19.3. The van der Waals surface area contributed by atoms with Gasteiger partial charge in [0.25, 0.3) is 6.43 Å². The smallest absolute Gasteiger partial charge is 0.265 e. The second kappa shape index (κ2) is 7.72. The van der Waals surface area contributed by atoms with Crippen LogP contribution in [0.4, 0.5) is 8.78 Å². The van der Waals surface area contributed by atoms with Gasteiger partial charge in [0.2, 0.25) is 5.91 Å². The highest BCUT2D eigenvalue weighted by Crippen LogP contribution is 2.38. The Labute approximate surface area is 163 Å². The van der Waals surface area contributed by atoms with Gasteiger partial charge >= 0.3 is 0 Å². The Morgan fingerprint density at radius 2 is 2.11 bits per heavy atom. The van der Waals surface area contributed by atoms with Gasteiger partial charge in [-0.3, -0.25) is 9.78 Å². The number of alkyl halides is 2. The van der Waals surface area contributed by atoms with Gasteiger partial charge in [0.1, 0.15) is 0 Å². The van der Waals surface area contributed by atoms with E-state index < -0.39 is 12.0 Å². The third-order valence-electron chi connectivity index (χ3n) is 5.89. The first-order valence-corrected chi connectivity index (χ1v) is 9.87. The van der Waals surface area contributed by atoms with Crippen LogP contribution >= 0.6 is 0 Å². The van der Waals surface area contributed by atoms with Crippen molar-refractivity contribution in [1.29, 1.82) is 0 Å². The lowest BCUT2D eigenvalue weighted by Crippen LogP contribution is -2.58. The molecular weight excluding hydrogens is 362 g/mol. The van der Waals surface area contributed by atoms with Crippen molar-refractivity contribution in [3.05, 3.63) is 41.6 Å². The van der Waals surface area contributed by atoms with Crippen LogP contribution in [-0.2, 0) is 10.3 Å². The van der Waals surface area contributed by atoms with Crippen LogP contribution in [0.1, 0.15) is 37.3 Å². The molecule has 7 heteroatoms. The summed E-state index contributed by atoms with van der Waals surface area (Å²) in [6.07, 6.45) is 0.182. The van der Waals surface area contributed by atoms with Crippen molar-refractivity contribution in [2.45, 2.75) is 31.7 Å². The Morgan fingerprint density at radius 1 is 1.29 bits per heavy atom. The van der Waals surface area contributed by atoms with Crippen LogP contribution in [0.5, 0.6) is 0 Å². The average Bonchev–Trinajstić information content (AvgIpc) is 2.63. The molecule has 2 fully saturated rings. The van der Waals surface area contributed by atoms with Crippen LogP contribution in [0.25, 0.3) is 10.9 Å². The second-order valence-corrected chi connectivity index (χ2v) is 8.20. The van der Waals surface area contributed by atoms with Gasteiger partial charge in [-0.2, -0.15) is 0 Å². The highest BCUT2D eigenvalue weighted by Gasteiger charge is 2.40. The van der Waals surface area contributed by atoms with Crippen LogP contribution in [-0.4, -0.2) is 37.1 Å². The largest absolute Gasteiger partial charge is 0.345 e. The number of pyridine rings is 1. The SMILES string of the molecule is C[C@@H]1CNC[C@](NC(=O)CC2CNC2)(c2ccc(C(F)F)c3ncccc23)C1. The summed E-state index contributed by atoms with van der Waals surface area (Å²) in [6.45, 7) is 5.31. The van der Waals surface area contributed by atoms with Gasteiger partial charge in [-0.15, -0.1) is 0 Å². The zero-order valence-corrected chi connectivity index (χ0v) is 16.0. The lowest BCUT2D eigenvalue weighted by molar-refractivity contribution is -0.124. The monoisotopic (exact) mass is 388 g/mol. The molecule has 0 saturated carbocycles. The Balaban J connectivity index is 1.76. The molecule has 0 aliphatic carbocycles. The molecule has 0 radical (unpaired) electrons. The number of fused-ring (bicyclic) bond motifs is 1. The number of nitrogens with zero attached hydrogens (tertiary/aromatic N) is 1. The maximum absolute atomic E-state index is 13.5. The molecule has 2 aliphatic heterocycles. The van der Waals surface area contributed by atoms with E-state index in [0.29, 0.717) is 35.7 Å². The minimum atomic E-state index is -2.59. The molecule has 0 spiro atoms. The minimum absolute atomic E-state index is 0.0115. The van der Waals surface area contributed by atoms with Crippen molar-refractivity contribution in [2.75, 3.05) is 26.2 Å². The van der Waals surface area contributed by atoms with Gasteiger partial charge in [-0.25, -0.2) is 8.78 Å². The van der Waals surface area contributed by atoms with Crippen LogP contribution in [0, 0.1) is 11.8 Å². The van der Waals surface area contributed by atoms with Gasteiger partial charge in [-0.05, 0) is 49.5 Å². The van der Waals surface area contributed by atoms with E-state index in [9.17, 15) is 13.6 Å². The Kier molecular flexibility index (Phi) is 5.29. The van der Waals surface area contributed by atoms with Crippen molar-refractivity contribution in [1.82, 2.24) is 20.9 Å². The summed E-state index contributed by atoms with van der Waals surface area (Å²) in [5.74, 6) is 0.726. The predicted molar refractivity (Wildman–Crippen MR) is 104 cm³/mol. The van der Waals surface area contributed by atoms with E-state index in [1.165, 1.54) is 12.3 Å². The lowest BCUT2D eigenvalue weighted by Gasteiger charge is -2.43. The average molecular weight is 388 g/mol. The van der Waals surface area contributed by atoms with E-state index in [4.69, 9.17) is 0 Å². The molecule has 1 amide bonds. The molecule has 2 atom stereocenters. The normalized spacial score (nSPS) is 25.6. The molecule has 4 rings (SSSR count). The number of piperidine rings is 1. The van der Waals surface area contributed by atoms with Crippen LogP contribution in [0.15, 0.2) is 30.5 Å². The van der Waals surface area contributed by atoms with E-state index in [1.807, 2.05) is 6.07 Å². The summed E-state index contributed by atoms with van der Waals surface area (Å²) in [7, 11) is 0. The Morgan fingerprint density at radius 3 is 2.79 bits per heavy atom. The maximum atomic E-state index is 13.5. The number of rotatable bonds is 5. The van der Waals surface area contributed by atoms with Gasteiger partial charge in [0.05, 0.1) is 11.1 Å². The number of halogens is 2. The molecule has 150 valence electrons. The fourth-order valence-corrected chi connectivity index (χ4v) is 4.50. The van der Waals surface area contributed by atoms with Crippen LogP contribution in [0.2, 0.25) is 0 Å². The molecule has 2 saturated heterocycles. The zero-order valence-electron chi connectivity index (χ0n) is 16.0. The third kappa shape index (κ3) is 3.61. The molecule has 0 bridgehead atoms. The summed E-state index contributed by atoms with van der Waals surface area (Å²) in [4.78, 5) is 17.0. The predicted octanol–water partition coefficient (Wildman–Crippen LogP) is 2.72. The summed E-state index contributed by atoms with van der Waals surface area (Å²) >= 11 is 0. The number of hydrogen-bond acceptors (Lipinski definition) is 4. The fraction of sp³-hybridized carbons (Fsp3) is 0.524. The maximum Gasteiger partial charge on any atom is 0.265 e. The molecule has 0 unspecified atom stereocenters. The third-order valence-corrected chi connectivity index (χ3v) is 5.89. The van der Waals surface area contributed by atoms with E-state index >= 15 is 0 Å². The lowest BCUT2D eigenvalue weighted by atomic mass is 9.77. The molecule has 3 N–H and O–H groups in total. The molecule has 5 nitrogen and oxygen atoms in total. The van der Waals surface area contributed by atoms with Crippen molar-refractivity contribution in [3.8, 4) is 0 Å². The Hall–Kier alpha value is -2.12. The molecule has 3 heterocycles. The number of nitrogens with one attached hydrogen (secondary N) is 3. The second-order valence-electron chi connectivity index (χ2n) is 8.20. The van der Waals surface area contributed by atoms with Crippen molar-refractivity contribution in [2.24, 2.45) is 11.8 Å². The fourth-order valence-electron chi connectivity index (χ4n) is 4.50. The van der Waals surface area contributed by atoms with Gasteiger partial charge in [0, 0.05) is 30.1 Å². The minimum Gasteiger partial charge on any atom is -0.345 e. The quantitative estimate of drug-likeness (QED) is 0.737. The summed E-state index contributed by atoms with van der Waals surface area (Å²) in [5.41, 5.74) is 0.468. The number of carbonyl (C=O) groups excluding carboxylic acids is 1.